The molecule has 0 aliphatic rings. The summed E-state index contributed by atoms with van der Waals surface area (Å²) in [5, 5.41) is 0. The molecule has 2 N–H and O–H groups in total. The number of hydrogen-bond acceptors (Lipinski definition) is 3. The Balaban J connectivity index is 0. The van der Waals surface area contributed by atoms with E-state index in [1.807, 2.05) is 0 Å². The number of halogens is 2. The van der Waals surface area contributed by atoms with Crippen molar-refractivity contribution in [2.45, 2.75) is 6.42 Å². The lowest BCUT2D eigenvalue weighted by atomic mass is 10.2. The van der Waals surface area contributed by atoms with Crippen LogP contribution in [0.1, 0.15) is 5.56 Å². The smallest absolute Gasteiger partial charge is 0.115 e. The van der Waals surface area contributed by atoms with Gasteiger partial charge in [-0.1, -0.05) is 0 Å². The van der Waals surface area contributed by atoms with Crippen LogP contribution in [0.3, 0.4) is 0 Å². The van der Waals surface area contributed by atoms with E-state index in [1.54, 1.807) is 12.4 Å². The Hall–Kier alpha value is -0.380. The Bertz CT molecular complexity index is 169. The Labute approximate surface area is 78.2 Å². The van der Waals surface area contributed by atoms with E-state index in [9.17, 15) is 0 Å². The first-order valence-corrected chi connectivity index (χ1v) is 2.87. The minimum Gasteiger partial charge on any atom is -0.330 e. The van der Waals surface area contributed by atoms with Crippen molar-refractivity contribution in [3.63, 3.8) is 0 Å². The molecule has 0 fully saturated rings. The van der Waals surface area contributed by atoms with Gasteiger partial charge in [0.05, 0.1) is 0 Å². The van der Waals surface area contributed by atoms with Gasteiger partial charge in [0, 0.05) is 12.4 Å². The summed E-state index contributed by atoms with van der Waals surface area (Å²) >= 11 is 0. The van der Waals surface area contributed by atoms with Gasteiger partial charge in [0.1, 0.15) is 6.33 Å². The Kier molecular flexibility index (Phi) is 9.29. The molecule has 0 saturated heterocycles. The van der Waals surface area contributed by atoms with E-state index >= 15 is 0 Å². The van der Waals surface area contributed by atoms with E-state index in [-0.39, 0.29) is 24.8 Å². The molecule has 11 heavy (non-hydrogen) atoms. The molecule has 1 aromatic heterocycles. The molecule has 0 aliphatic carbocycles. The normalized spacial score (nSPS) is 7.73. The topological polar surface area (TPSA) is 51.8 Å². The standard InChI is InChI=1S/C6H9N3.2ClH/c7-2-1-6-3-8-5-9-4-6;;/h3-5H,1-2,7H2;2*1H. The molecule has 0 radical (unpaired) electrons. The highest BCUT2D eigenvalue weighted by atomic mass is 35.5. The molecule has 0 bridgehead atoms. The Morgan fingerprint density at radius 2 is 1.73 bits per heavy atom. The maximum absolute atomic E-state index is 5.30. The molecule has 0 aromatic carbocycles. The van der Waals surface area contributed by atoms with Gasteiger partial charge in [0.25, 0.3) is 0 Å². The molecule has 0 aliphatic heterocycles. The van der Waals surface area contributed by atoms with E-state index in [0.29, 0.717) is 6.54 Å². The molecule has 64 valence electrons. The quantitative estimate of drug-likeness (QED) is 0.761. The number of nitrogens with two attached hydrogens (primary N) is 1. The van der Waals surface area contributed by atoms with Crippen LogP contribution >= 0.6 is 24.8 Å². The van der Waals surface area contributed by atoms with Gasteiger partial charge in [-0.3, -0.25) is 0 Å². The number of hydrogen-bond donors (Lipinski definition) is 1. The molecular formula is C6H11Cl2N3. The highest BCUT2D eigenvalue weighted by Crippen LogP contribution is 1.90. The van der Waals surface area contributed by atoms with Gasteiger partial charge in [0.15, 0.2) is 0 Å². The lowest BCUT2D eigenvalue weighted by Crippen LogP contribution is -2.02. The van der Waals surface area contributed by atoms with Crippen molar-refractivity contribution in [2.24, 2.45) is 5.73 Å². The first-order chi connectivity index (χ1) is 4.43. The molecule has 1 aromatic rings. The van der Waals surface area contributed by atoms with Gasteiger partial charge < -0.3 is 5.73 Å². The molecule has 0 amide bonds. The van der Waals surface area contributed by atoms with Crippen LogP contribution in [0.15, 0.2) is 18.7 Å². The summed E-state index contributed by atoms with van der Waals surface area (Å²) in [6.07, 6.45) is 5.93. The van der Waals surface area contributed by atoms with Gasteiger partial charge in [-0.25, -0.2) is 9.97 Å². The monoisotopic (exact) mass is 195 g/mol. The minimum absolute atomic E-state index is 0. The molecule has 1 heterocycles. The van der Waals surface area contributed by atoms with Gasteiger partial charge in [0.2, 0.25) is 0 Å². The molecule has 0 atom stereocenters. The van der Waals surface area contributed by atoms with Crippen molar-refractivity contribution in [2.75, 3.05) is 6.54 Å². The van der Waals surface area contributed by atoms with Crippen molar-refractivity contribution in [3.05, 3.63) is 24.3 Å². The first-order valence-electron chi connectivity index (χ1n) is 2.87. The lowest BCUT2D eigenvalue weighted by Gasteiger charge is -1.92. The van der Waals surface area contributed by atoms with Gasteiger partial charge in [-0.05, 0) is 18.5 Å². The number of rotatable bonds is 2. The van der Waals surface area contributed by atoms with Crippen LogP contribution in [-0.4, -0.2) is 16.5 Å². The summed E-state index contributed by atoms with van der Waals surface area (Å²) in [5.74, 6) is 0. The van der Waals surface area contributed by atoms with Crippen LogP contribution in [0.4, 0.5) is 0 Å². The Morgan fingerprint density at radius 1 is 1.18 bits per heavy atom. The predicted octanol–water partition coefficient (Wildman–Crippen LogP) is 0.821. The number of nitrogens with zero attached hydrogens (tertiary/aromatic N) is 2. The fraction of sp³-hybridized carbons (Fsp3) is 0.333. The summed E-state index contributed by atoms with van der Waals surface area (Å²) in [6.45, 7) is 0.660. The van der Waals surface area contributed by atoms with Gasteiger partial charge in [-0.15, -0.1) is 24.8 Å². The Morgan fingerprint density at radius 3 is 2.18 bits per heavy atom. The average molecular weight is 196 g/mol. The molecule has 5 heteroatoms. The predicted molar refractivity (Wildman–Crippen MR) is 49.3 cm³/mol. The molecule has 0 unspecified atom stereocenters. The van der Waals surface area contributed by atoms with Crippen molar-refractivity contribution in [1.82, 2.24) is 9.97 Å². The number of aromatic nitrogens is 2. The van der Waals surface area contributed by atoms with Crippen LogP contribution in [0.25, 0.3) is 0 Å². The highest BCUT2D eigenvalue weighted by Gasteiger charge is 1.86. The van der Waals surface area contributed by atoms with Crippen LogP contribution in [-0.2, 0) is 6.42 Å². The third-order valence-electron chi connectivity index (χ3n) is 1.05. The largest absolute Gasteiger partial charge is 0.330 e. The third-order valence-corrected chi connectivity index (χ3v) is 1.05. The van der Waals surface area contributed by atoms with Crippen LogP contribution in [0, 0.1) is 0 Å². The molecule has 1 rings (SSSR count). The third kappa shape index (κ3) is 4.95. The highest BCUT2D eigenvalue weighted by molar-refractivity contribution is 5.85. The fourth-order valence-corrected chi connectivity index (χ4v) is 0.626. The van der Waals surface area contributed by atoms with E-state index in [2.05, 4.69) is 9.97 Å². The van der Waals surface area contributed by atoms with E-state index in [4.69, 9.17) is 5.73 Å². The first kappa shape index (κ1) is 13.2. The average Bonchev–Trinajstić information content (AvgIpc) is 1.91. The summed E-state index contributed by atoms with van der Waals surface area (Å²) in [6, 6.07) is 0. The van der Waals surface area contributed by atoms with Crippen molar-refractivity contribution in [1.29, 1.82) is 0 Å². The van der Waals surface area contributed by atoms with Crippen molar-refractivity contribution in [3.8, 4) is 0 Å². The molecule has 0 saturated carbocycles. The maximum atomic E-state index is 5.30. The van der Waals surface area contributed by atoms with E-state index < -0.39 is 0 Å². The summed E-state index contributed by atoms with van der Waals surface area (Å²) in [4.78, 5) is 7.67. The van der Waals surface area contributed by atoms with Crippen LogP contribution in [0.5, 0.6) is 0 Å². The van der Waals surface area contributed by atoms with Crippen molar-refractivity contribution < 1.29 is 0 Å². The molecule has 0 spiro atoms. The second kappa shape index (κ2) is 7.72. The molecule has 3 nitrogen and oxygen atoms in total. The van der Waals surface area contributed by atoms with E-state index in [1.165, 1.54) is 6.33 Å². The van der Waals surface area contributed by atoms with Crippen molar-refractivity contribution >= 4 is 24.8 Å². The zero-order valence-electron chi connectivity index (χ0n) is 5.93. The maximum Gasteiger partial charge on any atom is 0.115 e. The second-order valence-corrected chi connectivity index (χ2v) is 1.79. The summed E-state index contributed by atoms with van der Waals surface area (Å²) in [5.41, 5.74) is 6.40. The summed E-state index contributed by atoms with van der Waals surface area (Å²) in [7, 11) is 0. The summed E-state index contributed by atoms with van der Waals surface area (Å²) < 4.78 is 0. The molecular weight excluding hydrogens is 185 g/mol. The SMILES string of the molecule is Cl.Cl.NCCc1cncnc1. The van der Waals surface area contributed by atoms with E-state index in [0.717, 1.165) is 12.0 Å². The second-order valence-electron chi connectivity index (χ2n) is 1.79. The lowest BCUT2D eigenvalue weighted by molar-refractivity contribution is 0.941. The zero-order chi connectivity index (χ0) is 6.53. The fourth-order valence-electron chi connectivity index (χ4n) is 0.626. The van der Waals surface area contributed by atoms with Gasteiger partial charge in [-0.2, -0.15) is 0 Å². The van der Waals surface area contributed by atoms with Crippen LogP contribution < -0.4 is 5.73 Å². The minimum atomic E-state index is 0. The zero-order valence-corrected chi connectivity index (χ0v) is 7.57. The van der Waals surface area contributed by atoms with Gasteiger partial charge >= 0.3 is 0 Å². The van der Waals surface area contributed by atoms with Crippen LogP contribution in [0.2, 0.25) is 0 Å².